The molecule has 2 aromatic carbocycles. The molecule has 0 amide bonds. The molecule has 0 N–H and O–H groups in total. The summed E-state index contributed by atoms with van der Waals surface area (Å²) in [4.78, 5) is 13.7. The number of ketones is 1. The van der Waals surface area contributed by atoms with E-state index in [1.54, 1.807) is 0 Å². The molecule has 3 nitrogen and oxygen atoms in total. The van der Waals surface area contributed by atoms with E-state index < -0.39 is 0 Å². The Balaban J connectivity index is 1.86. The van der Waals surface area contributed by atoms with Crippen molar-refractivity contribution in [3.8, 4) is 5.75 Å². The molecule has 2 aliphatic heterocycles. The Morgan fingerprint density at radius 2 is 1.70 bits per heavy atom. The number of carbonyl (C=O) groups is 1. The Morgan fingerprint density at radius 1 is 1.04 bits per heavy atom. The van der Waals surface area contributed by atoms with Crippen molar-refractivity contribution in [2.24, 2.45) is 17.3 Å². The summed E-state index contributed by atoms with van der Waals surface area (Å²) in [6, 6.07) is 16.0. The van der Waals surface area contributed by atoms with Gasteiger partial charge in [-0.15, -0.1) is 0 Å². The largest absolute Gasteiger partial charge is 0.464 e. The highest BCUT2D eigenvalue weighted by atomic mass is 16.7. The van der Waals surface area contributed by atoms with E-state index in [9.17, 15) is 4.79 Å². The lowest BCUT2D eigenvalue weighted by Crippen LogP contribution is -2.59. The van der Waals surface area contributed by atoms with Gasteiger partial charge in [0.25, 0.3) is 0 Å². The summed E-state index contributed by atoms with van der Waals surface area (Å²) in [5.74, 6) is 1.06. The molecule has 1 saturated heterocycles. The minimum atomic E-state index is -0.341. The fourth-order valence-electron chi connectivity index (χ4n) is 4.72. The lowest BCUT2D eigenvalue weighted by Gasteiger charge is -2.55. The molecule has 4 rings (SSSR count). The molecule has 4 atom stereocenters. The molecular formula is C24H28O3. The van der Waals surface area contributed by atoms with Crippen molar-refractivity contribution in [2.75, 3.05) is 0 Å². The summed E-state index contributed by atoms with van der Waals surface area (Å²) in [7, 11) is 0. The summed E-state index contributed by atoms with van der Waals surface area (Å²) in [6.07, 6.45) is -0.512. The van der Waals surface area contributed by atoms with Crippen LogP contribution in [0.15, 0.2) is 48.5 Å². The van der Waals surface area contributed by atoms with E-state index in [0.29, 0.717) is 0 Å². The van der Waals surface area contributed by atoms with E-state index in [-0.39, 0.29) is 41.3 Å². The maximum atomic E-state index is 13.7. The summed E-state index contributed by atoms with van der Waals surface area (Å²) >= 11 is 0. The van der Waals surface area contributed by atoms with Crippen LogP contribution in [0.1, 0.15) is 55.1 Å². The van der Waals surface area contributed by atoms with Gasteiger partial charge in [0.2, 0.25) is 6.29 Å². The number of fused-ring (bicyclic) bond motifs is 4. The third-order valence-electron chi connectivity index (χ3n) is 6.19. The molecule has 142 valence electrons. The molecule has 0 saturated carbocycles. The van der Waals surface area contributed by atoms with Crippen molar-refractivity contribution < 1.29 is 14.3 Å². The van der Waals surface area contributed by atoms with Crippen molar-refractivity contribution in [1.82, 2.24) is 0 Å². The number of benzene rings is 2. The first-order valence-corrected chi connectivity index (χ1v) is 9.82. The zero-order chi connectivity index (χ0) is 19.3. The highest BCUT2D eigenvalue weighted by Crippen LogP contribution is 2.57. The van der Waals surface area contributed by atoms with E-state index in [4.69, 9.17) is 9.47 Å². The molecular weight excluding hydrogens is 336 g/mol. The van der Waals surface area contributed by atoms with Gasteiger partial charge in [-0.3, -0.25) is 4.79 Å². The van der Waals surface area contributed by atoms with Crippen LogP contribution < -0.4 is 4.74 Å². The fourth-order valence-corrected chi connectivity index (χ4v) is 4.72. The van der Waals surface area contributed by atoms with Gasteiger partial charge in [0.05, 0.1) is 12.0 Å². The first-order chi connectivity index (χ1) is 12.8. The smallest absolute Gasteiger partial charge is 0.205 e. The summed E-state index contributed by atoms with van der Waals surface area (Å²) in [5.41, 5.74) is 2.75. The molecule has 1 fully saturated rings. The second kappa shape index (κ2) is 6.49. The number of carbonyl (C=O) groups excluding carboxylic acids is 1. The third-order valence-corrected chi connectivity index (χ3v) is 6.19. The quantitative estimate of drug-likeness (QED) is 0.686. The van der Waals surface area contributed by atoms with Crippen molar-refractivity contribution in [3.63, 3.8) is 0 Å². The van der Waals surface area contributed by atoms with Crippen LogP contribution in [0.5, 0.6) is 5.75 Å². The number of hydrogen-bond donors (Lipinski definition) is 0. The normalized spacial score (nSPS) is 28.4. The minimum absolute atomic E-state index is 0.0578. The van der Waals surface area contributed by atoms with Crippen LogP contribution in [0.4, 0.5) is 0 Å². The van der Waals surface area contributed by atoms with Crippen LogP contribution in [0.25, 0.3) is 0 Å². The predicted octanol–water partition coefficient (Wildman–Crippen LogP) is 5.38. The van der Waals surface area contributed by atoms with Gasteiger partial charge in [-0.1, -0.05) is 75.7 Å². The second-order valence-corrected chi connectivity index (χ2v) is 8.89. The Morgan fingerprint density at radius 3 is 2.37 bits per heavy atom. The molecule has 0 aromatic heterocycles. The van der Waals surface area contributed by atoms with Crippen LogP contribution in [0.2, 0.25) is 0 Å². The molecule has 2 aromatic rings. The molecule has 0 spiro atoms. The van der Waals surface area contributed by atoms with Crippen molar-refractivity contribution in [1.29, 1.82) is 0 Å². The van der Waals surface area contributed by atoms with Crippen LogP contribution in [-0.4, -0.2) is 18.2 Å². The standard InChI is InChI=1S/C24H28O3/c1-14(2)22-19(21(25)16-12-10-15(3)11-13-16)20-17-8-6-7-9-18(17)26-23(27-22)24(20,4)5/h6-14,19-20,22-23H,1-5H3/t19-,20-,22-,23+/m0/s1. The van der Waals surface area contributed by atoms with Crippen LogP contribution >= 0.6 is 0 Å². The van der Waals surface area contributed by atoms with E-state index in [1.165, 1.54) is 0 Å². The zero-order valence-electron chi connectivity index (χ0n) is 16.7. The van der Waals surface area contributed by atoms with Crippen molar-refractivity contribution in [2.45, 2.75) is 52.9 Å². The monoisotopic (exact) mass is 364 g/mol. The first-order valence-electron chi connectivity index (χ1n) is 9.82. The number of hydrogen-bond acceptors (Lipinski definition) is 3. The molecule has 2 aliphatic rings. The average Bonchev–Trinajstić information content (AvgIpc) is 2.61. The highest BCUT2D eigenvalue weighted by molar-refractivity contribution is 5.99. The minimum Gasteiger partial charge on any atom is -0.464 e. The Hall–Kier alpha value is -2.13. The van der Waals surface area contributed by atoms with Gasteiger partial charge in [-0.2, -0.15) is 0 Å². The second-order valence-electron chi connectivity index (χ2n) is 8.89. The van der Waals surface area contributed by atoms with Crippen molar-refractivity contribution >= 4 is 5.78 Å². The molecule has 0 unspecified atom stereocenters. The molecule has 2 heterocycles. The molecule has 0 radical (unpaired) electrons. The van der Waals surface area contributed by atoms with Gasteiger partial charge in [0.15, 0.2) is 5.78 Å². The van der Waals surface area contributed by atoms with Gasteiger partial charge < -0.3 is 9.47 Å². The Bertz CT molecular complexity index is 850. The Kier molecular flexibility index (Phi) is 4.38. The maximum absolute atomic E-state index is 13.7. The topological polar surface area (TPSA) is 35.5 Å². The first kappa shape index (κ1) is 18.2. The van der Waals surface area contributed by atoms with Crippen molar-refractivity contribution in [3.05, 3.63) is 65.2 Å². The SMILES string of the molecule is Cc1ccc(C(=O)[C@H]2[C@H](C(C)C)O[C@H]3Oc4ccccc4[C@@H]2C3(C)C)cc1. The van der Waals surface area contributed by atoms with Gasteiger partial charge >= 0.3 is 0 Å². The van der Waals surface area contributed by atoms with Gasteiger partial charge in [-0.05, 0) is 24.5 Å². The van der Waals surface area contributed by atoms with Crippen LogP contribution in [0.3, 0.4) is 0 Å². The molecule has 2 bridgehead atoms. The molecule has 3 heteroatoms. The summed E-state index contributed by atoms with van der Waals surface area (Å²) in [5, 5.41) is 0. The number of aryl methyl sites for hydroxylation is 1. The van der Waals surface area contributed by atoms with Crippen LogP contribution in [-0.2, 0) is 4.74 Å². The molecule has 27 heavy (non-hydrogen) atoms. The van der Waals surface area contributed by atoms with E-state index in [2.05, 4.69) is 33.8 Å². The zero-order valence-corrected chi connectivity index (χ0v) is 16.7. The summed E-state index contributed by atoms with van der Waals surface area (Å²) < 4.78 is 12.6. The lowest BCUT2D eigenvalue weighted by molar-refractivity contribution is -0.249. The van der Waals surface area contributed by atoms with E-state index in [1.807, 2.05) is 49.4 Å². The third kappa shape index (κ3) is 2.89. The highest BCUT2D eigenvalue weighted by Gasteiger charge is 2.58. The average molecular weight is 364 g/mol. The number of rotatable bonds is 3. The van der Waals surface area contributed by atoms with Gasteiger partial charge in [0.1, 0.15) is 5.75 Å². The molecule has 0 aliphatic carbocycles. The fraction of sp³-hybridized carbons (Fsp3) is 0.458. The summed E-state index contributed by atoms with van der Waals surface area (Å²) in [6.45, 7) is 10.6. The van der Waals surface area contributed by atoms with Crippen LogP contribution in [0, 0.1) is 24.2 Å². The predicted molar refractivity (Wildman–Crippen MR) is 106 cm³/mol. The number of para-hydroxylation sites is 1. The number of ether oxygens (including phenoxy) is 2. The van der Waals surface area contributed by atoms with Gasteiger partial charge in [0, 0.05) is 16.9 Å². The van der Waals surface area contributed by atoms with E-state index in [0.717, 1.165) is 22.4 Å². The maximum Gasteiger partial charge on any atom is 0.205 e. The lowest BCUT2D eigenvalue weighted by atomic mass is 9.60. The van der Waals surface area contributed by atoms with E-state index >= 15 is 0 Å². The number of Topliss-reactive ketones (excluding diaryl/α,β-unsaturated/α-hetero) is 1. The van der Waals surface area contributed by atoms with Gasteiger partial charge in [-0.25, -0.2) is 0 Å². The Labute approximate surface area is 161 Å².